The van der Waals surface area contributed by atoms with Crippen LogP contribution < -0.4 is 10.1 Å². The van der Waals surface area contributed by atoms with Crippen LogP contribution in [0.25, 0.3) is 11.4 Å². The first-order valence-corrected chi connectivity index (χ1v) is 10.8. The number of carbonyl (C=O) groups is 1. The van der Waals surface area contributed by atoms with E-state index in [4.69, 9.17) is 13.9 Å². The highest BCUT2D eigenvalue weighted by atomic mass is 32.2. The molecule has 1 amide bonds. The number of nitrogens with zero attached hydrogens (tertiary/aromatic N) is 3. The fraction of sp³-hybridized carbons (Fsp3) is 0.381. The number of hydrogen-bond acceptors (Lipinski definition) is 7. The number of thioether (sulfide) groups is 1. The lowest BCUT2D eigenvalue weighted by molar-refractivity contribution is -0.113. The maximum Gasteiger partial charge on any atom is 0.234 e. The zero-order valence-electron chi connectivity index (χ0n) is 17.0. The van der Waals surface area contributed by atoms with E-state index in [0.29, 0.717) is 23.1 Å². The molecule has 9 heteroatoms. The molecule has 0 unspecified atom stereocenters. The topological polar surface area (TPSA) is 91.4 Å². The molecule has 0 aliphatic carbocycles. The van der Waals surface area contributed by atoms with Gasteiger partial charge in [-0.25, -0.2) is 0 Å². The van der Waals surface area contributed by atoms with Gasteiger partial charge >= 0.3 is 0 Å². The summed E-state index contributed by atoms with van der Waals surface area (Å²) in [5.41, 5.74) is 1.53. The molecule has 1 aliphatic heterocycles. The Morgan fingerprint density at radius 2 is 2.20 bits per heavy atom. The van der Waals surface area contributed by atoms with Crippen LogP contribution in [0.5, 0.6) is 5.75 Å². The molecule has 0 saturated carbocycles. The van der Waals surface area contributed by atoms with Crippen LogP contribution in [0.3, 0.4) is 0 Å². The van der Waals surface area contributed by atoms with Gasteiger partial charge in [0, 0.05) is 6.61 Å². The maximum absolute atomic E-state index is 12.5. The molecule has 3 aromatic rings. The van der Waals surface area contributed by atoms with Gasteiger partial charge < -0.3 is 19.2 Å². The Hall–Kier alpha value is -2.78. The van der Waals surface area contributed by atoms with Gasteiger partial charge in [-0.15, -0.1) is 10.2 Å². The summed E-state index contributed by atoms with van der Waals surface area (Å²) >= 11 is 1.35. The van der Waals surface area contributed by atoms with E-state index in [9.17, 15) is 4.79 Å². The molecule has 1 atom stereocenters. The standard InChI is InChI=1S/C21H24N4O4S/c1-14-16(9-11-28-14)20-23-24-21(25(20)12-15-6-5-10-29-15)30-13-19(26)22-17-7-3-4-8-18(17)27-2/h3-4,7-9,11,15H,5-6,10,12-13H2,1-2H3,(H,22,26)/t15-/m0/s1. The fourth-order valence-corrected chi connectivity index (χ4v) is 4.18. The van der Waals surface area contributed by atoms with E-state index in [1.807, 2.05) is 29.7 Å². The highest BCUT2D eigenvalue weighted by Crippen LogP contribution is 2.29. The van der Waals surface area contributed by atoms with Crippen molar-refractivity contribution in [3.05, 3.63) is 42.4 Å². The van der Waals surface area contributed by atoms with Crippen LogP contribution in [-0.2, 0) is 16.1 Å². The van der Waals surface area contributed by atoms with Gasteiger partial charge in [0.25, 0.3) is 0 Å². The molecule has 1 aromatic carbocycles. The summed E-state index contributed by atoms with van der Waals surface area (Å²) < 4.78 is 18.6. The lowest BCUT2D eigenvalue weighted by Gasteiger charge is -2.14. The summed E-state index contributed by atoms with van der Waals surface area (Å²) in [6, 6.07) is 9.20. The number of methoxy groups -OCH3 is 1. The number of carbonyl (C=O) groups excluding carboxylic acids is 1. The second kappa shape index (κ2) is 9.36. The Bertz CT molecular complexity index is 1010. The molecule has 0 bridgehead atoms. The van der Waals surface area contributed by atoms with Crippen molar-refractivity contribution in [3.63, 3.8) is 0 Å². The monoisotopic (exact) mass is 428 g/mol. The summed E-state index contributed by atoms with van der Waals surface area (Å²) in [6.45, 7) is 3.31. The minimum Gasteiger partial charge on any atom is -0.495 e. The third-order valence-electron chi connectivity index (χ3n) is 4.94. The number of amides is 1. The van der Waals surface area contributed by atoms with Crippen molar-refractivity contribution in [3.8, 4) is 17.1 Å². The highest BCUT2D eigenvalue weighted by molar-refractivity contribution is 7.99. The first-order valence-electron chi connectivity index (χ1n) is 9.80. The number of anilines is 1. The number of aromatic nitrogens is 3. The van der Waals surface area contributed by atoms with E-state index in [1.54, 1.807) is 25.5 Å². The molecule has 2 aromatic heterocycles. The number of nitrogens with one attached hydrogen (secondary N) is 1. The van der Waals surface area contributed by atoms with E-state index >= 15 is 0 Å². The molecule has 1 saturated heterocycles. The van der Waals surface area contributed by atoms with Crippen molar-refractivity contribution < 1.29 is 18.7 Å². The Labute approximate surface area is 179 Å². The Morgan fingerprint density at radius 1 is 1.33 bits per heavy atom. The number of furan rings is 1. The van der Waals surface area contributed by atoms with Crippen LogP contribution in [-0.4, -0.2) is 46.2 Å². The largest absolute Gasteiger partial charge is 0.495 e. The van der Waals surface area contributed by atoms with Gasteiger partial charge in [0.05, 0.1) is 43.0 Å². The van der Waals surface area contributed by atoms with Gasteiger partial charge in [0.15, 0.2) is 11.0 Å². The fourth-order valence-electron chi connectivity index (χ4n) is 3.43. The Morgan fingerprint density at radius 3 is 2.93 bits per heavy atom. The average Bonchev–Trinajstić information content (AvgIpc) is 3.49. The molecule has 8 nitrogen and oxygen atoms in total. The normalized spacial score (nSPS) is 16.0. The molecule has 1 fully saturated rings. The summed E-state index contributed by atoms with van der Waals surface area (Å²) in [5, 5.41) is 12.3. The number of para-hydroxylation sites is 2. The third-order valence-corrected chi connectivity index (χ3v) is 5.91. The first kappa shape index (κ1) is 20.5. The van der Waals surface area contributed by atoms with Crippen LogP contribution in [0.4, 0.5) is 5.69 Å². The Kier molecular flexibility index (Phi) is 6.39. The summed E-state index contributed by atoms with van der Waals surface area (Å²) in [4.78, 5) is 12.5. The molecule has 3 heterocycles. The minimum absolute atomic E-state index is 0.119. The van der Waals surface area contributed by atoms with Crippen LogP contribution in [0.2, 0.25) is 0 Å². The molecule has 1 aliphatic rings. The number of rotatable bonds is 8. The van der Waals surface area contributed by atoms with Crippen LogP contribution in [0.15, 0.2) is 46.2 Å². The van der Waals surface area contributed by atoms with Crippen molar-refractivity contribution in [2.24, 2.45) is 0 Å². The molecule has 158 valence electrons. The van der Waals surface area contributed by atoms with Crippen LogP contribution >= 0.6 is 11.8 Å². The van der Waals surface area contributed by atoms with Crippen LogP contribution in [0.1, 0.15) is 18.6 Å². The highest BCUT2D eigenvalue weighted by Gasteiger charge is 2.23. The van der Waals surface area contributed by atoms with E-state index in [-0.39, 0.29) is 17.8 Å². The van der Waals surface area contributed by atoms with E-state index < -0.39 is 0 Å². The number of benzene rings is 1. The number of aryl methyl sites for hydroxylation is 1. The molecule has 30 heavy (non-hydrogen) atoms. The van der Waals surface area contributed by atoms with Crippen molar-refractivity contribution in [1.82, 2.24) is 14.8 Å². The molecular weight excluding hydrogens is 404 g/mol. The quantitative estimate of drug-likeness (QED) is 0.546. The predicted octanol–water partition coefficient (Wildman–Crippen LogP) is 3.76. The Balaban J connectivity index is 1.49. The summed E-state index contributed by atoms with van der Waals surface area (Å²) in [7, 11) is 1.58. The molecule has 1 N–H and O–H groups in total. The second-order valence-electron chi connectivity index (χ2n) is 6.98. The van der Waals surface area contributed by atoms with Crippen molar-refractivity contribution in [1.29, 1.82) is 0 Å². The minimum atomic E-state index is -0.141. The lowest BCUT2D eigenvalue weighted by atomic mass is 10.2. The lowest BCUT2D eigenvalue weighted by Crippen LogP contribution is -2.18. The zero-order chi connectivity index (χ0) is 20.9. The second-order valence-corrected chi connectivity index (χ2v) is 7.92. The van der Waals surface area contributed by atoms with E-state index in [2.05, 4.69) is 15.5 Å². The van der Waals surface area contributed by atoms with Crippen molar-refractivity contribution in [2.75, 3.05) is 24.8 Å². The van der Waals surface area contributed by atoms with E-state index in [0.717, 1.165) is 36.6 Å². The maximum atomic E-state index is 12.5. The van der Waals surface area contributed by atoms with Crippen molar-refractivity contribution >= 4 is 23.4 Å². The molecule has 0 radical (unpaired) electrons. The smallest absolute Gasteiger partial charge is 0.234 e. The van der Waals surface area contributed by atoms with Gasteiger partial charge in [-0.3, -0.25) is 9.36 Å². The first-order chi connectivity index (χ1) is 14.7. The van der Waals surface area contributed by atoms with E-state index in [1.165, 1.54) is 11.8 Å². The summed E-state index contributed by atoms with van der Waals surface area (Å²) in [6.07, 6.45) is 3.81. The number of hydrogen-bond donors (Lipinski definition) is 1. The van der Waals surface area contributed by atoms with Gasteiger partial charge in [-0.1, -0.05) is 23.9 Å². The van der Waals surface area contributed by atoms with Gasteiger partial charge in [-0.2, -0.15) is 0 Å². The third kappa shape index (κ3) is 4.52. The summed E-state index contributed by atoms with van der Waals surface area (Å²) in [5.74, 6) is 2.18. The molecular formula is C21H24N4O4S. The molecule has 4 rings (SSSR count). The predicted molar refractivity (Wildman–Crippen MR) is 114 cm³/mol. The van der Waals surface area contributed by atoms with Gasteiger partial charge in [0.2, 0.25) is 5.91 Å². The molecule has 0 spiro atoms. The van der Waals surface area contributed by atoms with Gasteiger partial charge in [0.1, 0.15) is 11.5 Å². The number of ether oxygens (including phenoxy) is 2. The SMILES string of the molecule is COc1ccccc1NC(=O)CSc1nnc(-c2ccoc2C)n1C[C@@H]1CCCO1. The zero-order valence-corrected chi connectivity index (χ0v) is 17.8. The van der Waals surface area contributed by atoms with Crippen LogP contribution in [0, 0.1) is 6.92 Å². The van der Waals surface area contributed by atoms with Gasteiger partial charge in [-0.05, 0) is 38.0 Å². The van der Waals surface area contributed by atoms with Crippen molar-refractivity contribution in [2.45, 2.75) is 37.6 Å². The average molecular weight is 429 g/mol.